The molecule has 0 aromatic carbocycles. The number of fused-ring (bicyclic) bond motifs is 4. The Morgan fingerprint density at radius 3 is 2.41 bits per heavy atom. The van der Waals surface area contributed by atoms with E-state index in [1.165, 1.54) is 0 Å². The highest BCUT2D eigenvalue weighted by Gasteiger charge is 2.62. The van der Waals surface area contributed by atoms with Gasteiger partial charge < -0.3 is 10.2 Å². The Labute approximate surface area is 104 Å². The van der Waals surface area contributed by atoms with Gasteiger partial charge in [-0.2, -0.15) is 0 Å². The molecule has 0 heterocycles. The summed E-state index contributed by atoms with van der Waals surface area (Å²) >= 11 is 0. The maximum absolute atomic E-state index is 11.0. The van der Waals surface area contributed by atoms with E-state index in [1.54, 1.807) is 0 Å². The first-order valence-electron chi connectivity index (χ1n) is 7.17. The Balaban J connectivity index is 1.97. The van der Waals surface area contributed by atoms with Crippen LogP contribution in [-0.4, -0.2) is 21.9 Å². The number of rotatable bonds is 0. The zero-order valence-corrected chi connectivity index (χ0v) is 11.4. The molecule has 3 rings (SSSR count). The molecule has 0 radical (unpaired) electrons. The average Bonchev–Trinajstić information content (AvgIpc) is 2.25. The van der Waals surface area contributed by atoms with Gasteiger partial charge in [-0.25, -0.2) is 0 Å². The van der Waals surface area contributed by atoms with E-state index < -0.39 is 5.60 Å². The lowest BCUT2D eigenvalue weighted by Gasteiger charge is -2.57. The minimum Gasteiger partial charge on any atom is -0.393 e. The van der Waals surface area contributed by atoms with Crippen LogP contribution in [0.15, 0.2) is 0 Å². The van der Waals surface area contributed by atoms with Crippen molar-refractivity contribution >= 4 is 0 Å². The lowest BCUT2D eigenvalue weighted by atomic mass is 9.49. The SMILES string of the molecule is CC1(C)C[C@H]2[C@H]1C[C@H](O)C1(C)CCC[C@]2(O)C1. The van der Waals surface area contributed by atoms with E-state index in [4.69, 9.17) is 0 Å². The lowest BCUT2D eigenvalue weighted by molar-refractivity contribution is -0.161. The Morgan fingerprint density at radius 1 is 1.06 bits per heavy atom. The molecular weight excluding hydrogens is 212 g/mol. The van der Waals surface area contributed by atoms with Gasteiger partial charge in [-0.15, -0.1) is 0 Å². The fourth-order valence-electron chi connectivity index (χ4n) is 5.09. The highest BCUT2D eigenvalue weighted by Crippen LogP contribution is 2.64. The van der Waals surface area contributed by atoms with Gasteiger partial charge in [0.15, 0.2) is 0 Å². The molecule has 0 amide bonds. The van der Waals surface area contributed by atoms with Gasteiger partial charge in [-0.3, -0.25) is 0 Å². The molecule has 2 N–H and O–H groups in total. The van der Waals surface area contributed by atoms with Crippen LogP contribution in [0.2, 0.25) is 0 Å². The monoisotopic (exact) mass is 238 g/mol. The van der Waals surface area contributed by atoms with Crippen LogP contribution in [0.5, 0.6) is 0 Å². The van der Waals surface area contributed by atoms with Gasteiger partial charge in [-0.1, -0.05) is 20.8 Å². The maximum atomic E-state index is 11.0. The Hall–Kier alpha value is -0.0800. The molecule has 3 aliphatic rings. The lowest BCUT2D eigenvalue weighted by Crippen LogP contribution is -2.56. The second kappa shape index (κ2) is 3.27. The molecule has 0 aromatic heterocycles. The molecule has 2 heteroatoms. The van der Waals surface area contributed by atoms with Gasteiger partial charge in [0, 0.05) is 0 Å². The van der Waals surface area contributed by atoms with E-state index in [-0.39, 0.29) is 11.5 Å². The maximum Gasteiger partial charge on any atom is 0.0685 e. The van der Waals surface area contributed by atoms with Gasteiger partial charge in [0.2, 0.25) is 0 Å². The normalized spacial score (nSPS) is 56.6. The van der Waals surface area contributed by atoms with E-state index in [2.05, 4.69) is 20.8 Å². The molecule has 0 aromatic rings. The topological polar surface area (TPSA) is 40.5 Å². The molecule has 3 fully saturated rings. The number of hydrogen-bond donors (Lipinski definition) is 2. The fourth-order valence-corrected chi connectivity index (χ4v) is 5.09. The van der Waals surface area contributed by atoms with E-state index in [0.29, 0.717) is 17.3 Å². The first-order chi connectivity index (χ1) is 7.77. The van der Waals surface area contributed by atoms with Crippen molar-refractivity contribution < 1.29 is 10.2 Å². The van der Waals surface area contributed by atoms with Crippen LogP contribution in [0.4, 0.5) is 0 Å². The summed E-state index contributed by atoms with van der Waals surface area (Å²) in [5.41, 5.74) is -0.208. The molecule has 3 saturated carbocycles. The van der Waals surface area contributed by atoms with E-state index >= 15 is 0 Å². The second-order valence-corrected chi connectivity index (χ2v) is 7.95. The zero-order valence-electron chi connectivity index (χ0n) is 11.4. The molecular formula is C15H26O2. The van der Waals surface area contributed by atoms with Crippen molar-refractivity contribution in [1.82, 2.24) is 0 Å². The number of aliphatic hydroxyl groups is 2. The highest BCUT2D eigenvalue weighted by molar-refractivity contribution is 5.12. The third-order valence-corrected chi connectivity index (χ3v) is 6.27. The molecule has 5 atom stereocenters. The molecule has 2 bridgehead atoms. The molecule has 0 spiro atoms. The summed E-state index contributed by atoms with van der Waals surface area (Å²) in [5, 5.41) is 21.5. The van der Waals surface area contributed by atoms with E-state index in [0.717, 1.165) is 38.5 Å². The van der Waals surface area contributed by atoms with Crippen LogP contribution in [0.1, 0.15) is 59.3 Å². The standard InChI is InChI=1S/C15H26O2/c1-13(2)8-11-10(13)7-12(16)14(3)5-4-6-15(11,17)9-14/h10-12,16-17H,4-9H2,1-3H3/t10-,11+,12+,14?,15+/m1/s1. The molecule has 1 unspecified atom stereocenters. The average molecular weight is 238 g/mol. The van der Waals surface area contributed by atoms with Crippen LogP contribution < -0.4 is 0 Å². The third-order valence-electron chi connectivity index (χ3n) is 6.27. The predicted octanol–water partition coefficient (Wildman–Crippen LogP) is 2.72. The molecule has 0 saturated heterocycles. The minimum atomic E-state index is -0.481. The van der Waals surface area contributed by atoms with Gasteiger partial charge in [0.05, 0.1) is 11.7 Å². The van der Waals surface area contributed by atoms with Crippen LogP contribution in [0, 0.1) is 22.7 Å². The summed E-state index contributed by atoms with van der Waals surface area (Å²) in [6.45, 7) is 6.77. The van der Waals surface area contributed by atoms with E-state index in [1.807, 2.05) is 0 Å². The van der Waals surface area contributed by atoms with Crippen molar-refractivity contribution in [2.24, 2.45) is 22.7 Å². The first kappa shape index (κ1) is 12.0. The molecule has 17 heavy (non-hydrogen) atoms. The highest BCUT2D eigenvalue weighted by atomic mass is 16.3. The van der Waals surface area contributed by atoms with Crippen LogP contribution in [0.25, 0.3) is 0 Å². The summed E-state index contributed by atoms with van der Waals surface area (Å²) in [5.74, 6) is 0.955. The molecule has 98 valence electrons. The van der Waals surface area contributed by atoms with Gasteiger partial charge in [0.25, 0.3) is 0 Å². The number of aliphatic hydroxyl groups excluding tert-OH is 1. The predicted molar refractivity (Wildman–Crippen MR) is 67.5 cm³/mol. The second-order valence-electron chi connectivity index (χ2n) is 7.95. The van der Waals surface area contributed by atoms with Crippen molar-refractivity contribution in [2.45, 2.75) is 71.0 Å². The Kier molecular flexibility index (Phi) is 2.30. The minimum absolute atomic E-state index is 0.0413. The fraction of sp³-hybridized carbons (Fsp3) is 1.00. The van der Waals surface area contributed by atoms with Crippen molar-refractivity contribution in [3.8, 4) is 0 Å². The van der Waals surface area contributed by atoms with Crippen LogP contribution in [-0.2, 0) is 0 Å². The summed E-state index contributed by atoms with van der Waals surface area (Å²) in [4.78, 5) is 0. The summed E-state index contributed by atoms with van der Waals surface area (Å²) in [7, 11) is 0. The van der Waals surface area contributed by atoms with Crippen LogP contribution >= 0.6 is 0 Å². The first-order valence-corrected chi connectivity index (χ1v) is 7.17. The molecule has 0 aliphatic heterocycles. The van der Waals surface area contributed by atoms with Crippen molar-refractivity contribution in [3.05, 3.63) is 0 Å². The van der Waals surface area contributed by atoms with Gasteiger partial charge >= 0.3 is 0 Å². The Morgan fingerprint density at radius 2 is 1.76 bits per heavy atom. The van der Waals surface area contributed by atoms with Crippen molar-refractivity contribution in [3.63, 3.8) is 0 Å². The van der Waals surface area contributed by atoms with Crippen LogP contribution in [0.3, 0.4) is 0 Å². The largest absolute Gasteiger partial charge is 0.393 e. The smallest absolute Gasteiger partial charge is 0.0685 e. The summed E-state index contributed by atoms with van der Waals surface area (Å²) in [6.07, 6.45) is 5.74. The third kappa shape index (κ3) is 1.53. The summed E-state index contributed by atoms with van der Waals surface area (Å²) < 4.78 is 0. The van der Waals surface area contributed by atoms with Gasteiger partial charge in [-0.05, 0) is 61.2 Å². The van der Waals surface area contributed by atoms with Crippen molar-refractivity contribution in [1.29, 1.82) is 0 Å². The summed E-state index contributed by atoms with van der Waals surface area (Å²) in [6, 6.07) is 0. The molecule has 2 nitrogen and oxygen atoms in total. The quantitative estimate of drug-likeness (QED) is 0.681. The number of hydrogen-bond acceptors (Lipinski definition) is 2. The molecule has 3 aliphatic carbocycles. The van der Waals surface area contributed by atoms with Gasteiger partial charge in [0.1, 0.15) is 0 Å². The Bertz CT molecular complexity index is 338. The van der Waals surface area contributed by atoms with Crippen molar-refractivity contribution in [2.75, 3.05) is 0 Å². The van der Waals surface area contributed by atoms with E-state index in [9.17, 15) is 10.2 Å². The zero-order chi connectivity index (χ0) is 12.5.